The van der Waals surface area contributed by atoms with E-state index in [-0.39, 0.29) is 25.0 Å². The van der Waals surface area contributed by atoms with Gasteiger partial charge >= 0.3 is 12.1 Å². The molecule has 1 amide bonds. The van der Waals surface area contributed by atoms with E-state index >= 15 is 0 Å². The SMILES string of the molecule is COC(=O)CCNC(=O)c1ccc(C(CC(C)C)Oc2cc(C)c(-c3ccc(C(F)(F)F)cc3)c(C)c2)cc1. The summed E-state index contributed by atoms with van der Waals surface area (Å²) in [5, 5.41) is 2.70. The van der Waals surface area contributed by atoms with Crippen molar-refractivity contribution >= 4 is 11.9 Å². The van der Waals surface area contributed by atoms with Crippen molar-refractivity contribution in [3.8, 4) is 16.9 Å². The number of benzene rings is 3. The maximum absolute atomic E-state index is 13.0. The molecule has 1 atom stereocenters. The van der Waals surface area contributed by atoms with Gasteiger partial charge in [0.2, 0.25) is 0 Å². The predicted octanol–water partition coefficient (Wildman–Crippen LogP) is 7.45. The Morgan fingerprint density at radius 2 is 1.51 bits per heavy atom. The normalized spacial score (nSPS) is 12.2. The Bertz CT molecular complexity index is 1260. The van der Waals surface area contributed by atoms with Crippen molar-refractivity contribution < 1.29 is 32.2 Å². The van der Waals surface area contributed by atoms with Gasteiger partial charge < -0.3 is 14.8 Å². The number of alkyl halides is 3. The highest BCUT2D eigenvalue weighted by Crippen LogP contribution is 2.36. The largest absolute Gasteiger partial charge is 0.486 e. The quantitative estimate of drug-likeness (QED) is 0.271. The molecule has 0 aliphatic rings. The molecule has 0 saturated heterocycles. The van der Waals surface area contributed by atoms with E-state index in [0.29, 0.717) is 22.8 Å². The number of carbonyl (C=O) groups is 2. The Hall–Kier alpha value is -3.81. The number of carbonyl (C=O) groups excluding carboxylic acids is 2. The molecule has 0 aromatic heterocycles. The average molecular weight is 542 g/mol. The highest BCUT2D eigenvalue weighted by Gasteiger charge is 2.30. The first-order valence-electron chi connectivity index (χ1n) is 12.8. The average Bonchev–Trinajstić information content (AvgIpc) is 2.87. The Morgan fingerprint density at radius 1 is 0.923 bits per heavy atom. The van der Waals surface area contributed by atoms with Gasteiger partial charge in [-0.25, -0.2) is 0 Å². The Balaban J connectivity index is 1.78. The van der Waals surface area contributed by atoms with Crippen molar-refractivity contribution in [2.45, 2.75) is 52.8 Å². The first-order chi connectivity index (χ1) is 18.4. The van der Waals surface area contributed by atoms with Gasteiger partial charge in [-0.2, -0.15) is 13.2 Å². The number of ether oxygens (including phenoxy) is 2. The standard InChI is InChI=1S/C31H34F3NO4/c1-19(2)16-27(22-6-8-24(9-7-22)30(37)35-15-14-28(36)38-5)39-26-17-20(3)29(21(4)18-26)23-10-12-25(13-11-23)31(32,33)34/h6-13,17-19,27H,14-16H2,1-5H3,(H,35,37). The molecule has 0 heterocycles. The van der Waals surface area contributed by atoms with E-state index in [0.717, 1.165) is 40.8 Å². The number of hydrogen-bond acceptors (Lipinski definition) is 4. The van der Waals surface area contributed by atoms with Crippen LogP contribution in [-0.4, -0.2) is 25.5 Å². The van der Waals surface area contributed by atoms with E-state index in [1.54, 1.807) is 12.1 Å². The van der Waals surface area contributed by atoms with Gasteiger partial charge in [-0.05, 0) is 90.4 Å². The van der Waals surface area contributed by atoms with Crippen LogP contribution in [0.25, 0.3) is 11.1 Å². The van der Waals surface area contributed by atoms with Gasteiger partial charge in [-0.3, -0.25) is 9.59 Å². The fraction of sp³-hybridized carbons (Fsp3) is 0.355. The van der Waals surface area contributed by atoms with Gasteiger partial charge in [0.1, 0.15) is 11.9 Å². The van der Waals surface area contributed by atoms with Crippen LogP contribution in [0.4, 0.5) is 13.2 Å². The first-order valence-corrected chi connectivity index (χ1v) is 12.8. The van der Waals surface area contributed by atoms with Gasteiger partial charge in [-0.1, -0.05) is 38.1 Å². The third-order valence-electron chi connectivity index (χ3n) is 6.36. The molecule has 0 bridgehead atoms. The van der Waals surface area contributed by atoms with Crippen LogP contribution in [0, 0.1) is 19.8 Å². The monoisotopic (exact) mass is 541 g/mol. The lowest BCUT2D eigenvalue weighted by Crippen LogP contribution is -2.26. The van der Waals surface area contributed by atoms with Crippen molar-refractivity contribution in [1.82, 2.24) is 5.32 Å². The number of rotatable bonds is 10. The maximum Gasteiger partial charge on any atom is 0.416 e. The summed E-state index contributed by atoms with van der Waals surface area (Å²) < 4.78 is 50.0. The molecule has 0 fully saturated rings. The summed E-state index contributed by atoms with van der Waals surface area (Å²) in [6, 6.07) is 16.2. The molecule has 0 aliphatic heterocycles. The zero-order chi connectivity index (χ0) is 28.7. The van der Waals surface area contributed by atoms with Crippen LogP contribution in [0.2, 0.25) is 0 Å². The van der Waals surface area contributed by atoms with Crippen LogP contribution in [-0.2, 0) is 15.7 Å². The molecule has 1 N–H and O–H groups in total. The predicted molar refractivity (Wildman–Crippen MR) is 145 cm³/mol. The van der Waals surface area contributed by atoms with E-state index in [1.165, 1.54) is 19.2 Å². The summed E-state index contributed by atoms with van der Waals surface area (Å²) in [5.74, 6) is 0.329. The summed E-state index contributed by atoms with van der Waals surface area (Å²) in [5.41, 5.74) is 4.08. The van der Waals surface area contributed by atoms with Gasteiger partial charge in [0.25, 0.3) is 5.91 Å². The van der Waals surface area contributed by atoms with Gasteiger partial charge in [0, 0.05) is 12.1 Å². The minimum atomic E-state index is -4.38. The van der Waals surface area contributed by atoms with E-state index in [2.05, 4.69) is 23.9 Å². The summed E-state index contributed by atoms with van der Waals surface area (Å²) >= 11 is 0. The van der Waals surface area contributed by atoms with Crippen molar-refractivity contribution in [1.29, 1.82) is 0 Å². The summed E-state index contributed by atoms with van der Waals surface area (Å²) in [7, 11) is 1.30. The van der Waals surface area contributed by atoms with Gasteiger partial charge in [-0.15, -0.1) is 0 Å². The van der Waals surface area contributed by atoms with Crippen LogP contribution >= 0.6 is 0 Å². The minimum absolute atomic E-state index is 0.0983. The first kappa shape index (κ1) is 29.7. The van der Waals surface area contributed by atoms with Crippen LogP contribution in [0.5, 0.6) is 5.75 Å². The Morgan fingerprint density at radius 3 is 2.03 bits per heavy atom. The zero-order valence-electron chi connectivity index (χ0n) is 22.8. The van der Waals surface area contributed by atoms with Crippen LogP contribution < -0.4 is 10.1 Å². The number of amides is 1. The molecule has 39 heavy (non-hydrogen) atoms. The maximum atomic E-state index is 13.0. The summed E-state index contributed by atoms with van der Waals surface area (Å²) in [6.45, 7) is 8.22. The molecule has 8 heteroatoms. The lowest BCUT2D eigenvalue weighted by molar-refractivity contribution is -0.140. The number of methoxy groups -OCH3 is 1. The van der Waals surface area contributed by atoms with Crippen molar-refractivity contribution in [3.63, 3.8) is 0 Å². The van der Waals surface area contributed by atoms with E-state index in [9.17, 15) is 22.8 Å². The van der Waals surface area contributed by atoms with Crippen LogP contribution in [0.1, 0.15) is 65.4 Å². The molecule has 3 aromatic carbocycles. The molecule has 1 unspecified atom stereocenters. The number of hydrogen-bond donors (Lipinski definition) is 1. The number of halogens is 3. The van der Waals surface area contributed by atoms with Crippen LogP contribution in [0.15, 0.2) is 60.7 Å². The second kappa shape index (κ2) is 12.8. The summed E-state index contributed by atoms with van der Waals surface area (Å²) in [6.07, 6.45) is -3.81. The number of nitrogens with one attached hydrogen (secondary N) is 1. The molecule has 3 rings (SSSR count). The molecule has 3 aromatic rings. The van der Waals surface area contributed by atoms with E-state index in [4.69, 9.17) is 4.74 Å². The highest BCUT2D eigenvalue weighted by molar-refractivity contribution is 5.94. The number of aryl methyl sites for hydroxylation is 2. The van der Waals surface area contributed by atoms with Crippen molar-refractivity contribution in [2.75, 3.05) is 13.7 Å². The molecule has 208 valence electrons. The topological polar surface area (TPSA) is 64.6 Å². The Labute approximate surface area is 227 Å². The molecular formula is C31H34F3NO4. The molecule has 5 nitrogen and oxygen atoms in total. The fourth-order valence-corrected chi connectivity index (χ4v) is 4.45. The lowest BCUT2D eigenvalue weighted by Gasteiger charge is -2.23. The molecule has 0 saturated carbocycles. The smallest absolute Gasteiger partial charge is 0.416 e. The lowest BCUT2D eigenvalue weighted by atomic mass is 9.94. The summed E-state index contributed by atoms with van der Waals surface area (Å²) in [4.78, 5) is 23.6. The second-order valence-corrected chi connectivity index (χ2v) is 9.95. The zero-order valence-corrected chi connectivity index (χ0v) is 22.8. The van der Waals surface area contributed by atoms with Crippen LogP contribution in [0.3, 0.4) is 0 Å². The Kier molecular flexibility index (Phi) is 9.78. The molecular weight excluding hydrogens is 507 g/mol. The van der Waals surface area contributed by atoms with Gasteiger partial charge in [0.15, 0.2) is 0 Å². The number of esters is 1. The molecule has 0 aliphatic carbocycles. The third kappa shape index (κ3) is 8.09. The van der Waals surface area contributed by atoms with Gasteiger partial charge in [0.05, 0.1) is 19.1 Å². The minimum Gasteiger partial charge on any atom is -0.486 e. The fourth-order valence-electron chi connectivity index (χ4n) is 4.45. The van der Waals surface area contributed by atoms with E-state index in [1.807, 2.05) is 38.1 Å². The van der Waals surface area contributed by atoms with E-state index < -0.39 is 17.7 Å². The molecule has 0 radical (unpaired) electrons. The molecule has 0 spiro atoms. The second-order valence-electron chi connectivity index (χ2n) is 9.95. The highest BCUT2D eigenvalue weighted by atomic mass is 19.4. The third-order valence-corrected chi connectivity index (χ3v) is 6.36. The van der Waals surface area contributed by atoms with Crippen molar-refractivity contribution in [3.05, 3.63) is 88.5 Å². The van der Waals surface area contributed by atoms with Crippen molar-refractivity contribution in [2.24, 2.45) is 5.92 Å².